The van der Waals surface area contributed by atoms with Gasteiger partial charge >= 0.3 is 0 Å². The molecule has 3 N–H and O–H groups in total. The first kappa shape index (κ1) is 23.3. The molecule has 2 amide bonds. The number of nitrogens with one attached hydrogen (secondary N) is 1. The predicted molar refractivity (Wildman–Crippen MR) is 128 cm³/mol. The van der Waals surface area contributed by atoms with Crippen molar-refractivity contribution in [3.8, 4) is 17.1 Å². The number of benzene rings is 1. The molecule has 9 nitrogen and oxygen atoms in total. The number of nitrogens with zero attached hydrogens (tertiary/aromatic N) is 3. The van der Waals surface area contributed by atoms with Crippen LogP contribution in [0.3, 0.4) is 0 Å². The summed E-state index contributed by atoms with van der Waals surface area (Å²) in [6.07, 6.45) is 2.06. The maximum Gasteiger partial charge on any atom is 0.251 e. The maximum atomic E-state index is 12.8. The third-order valence-electron chi connectivity index (χ3n) is 5.29. The molecule has 1 aliphatic rings. The molecule has 2 unspecified atom stereocenters. The summed E-state index contributed by atoms with van der Waals surface area (Å²) in [6, 6.07) is 9.21. The van der Waals surface area contributed by atoms with E-state index < -0.39 is 11.2 Å². The van der Waals surface area contributed by atoms with Gasteiger partial charge < -0.3 is 20.5 Å². The van der Waals surface area contributed by atoms with Gasteiger partial charge in [0, 0.05) is 12.2 Å². The van der Waals surface area contributed by atoms with Crippen LogP contribution in [0.1, 0.15) is 30.1 Å². The molecular weight excluding hydrogens is 462 g/mol. The zero-order valence-corrected chi connectivity index (χ0v) is 19.9. The summed E-state index contributed by atoms with van der Waals surface area (Å²) < 4.78 is 13.1. The van der Waals surface area contributed by atoms with Crippen LogP contribution in [-0.2, 0) is 16.1 Å². The molecule has 4 rings (SSSR count). The number of thiophene rings is 1. The molecule has 0 spiro atoms. The Morgan fingerprint density at radius 1 is 1.33 bits per heavy atom. The van der Waals surface area contributed by atoms with Gasteiger partial charge in [-0.15, -0.1) is 21.5 Å². The van der Waals surface area contributed by atoms with Crippen LogP contribution in [0.2, 0.25) is 0 Å². The molecule has 2 aromatic heterocycles. The Kier molecular flexibility index (Phi) is 7.31. The van der Waals surface area contributed by atoms with Crippen molar-refractivity contribution < 1.29 is 19.1 Å². The number of methoxy groups -OCH3 is 1. The second-order valence-corrected chi connectivity index (χ2v) is 9.78. The van der Waals surface area contributed by atoms with Gasteiger partial charge in [0.25, 0.3) is 5.91 Å². The SMILES string of the molecule is COc1ccc(-c2nnc(SC(C)C(=O)Nc3sccc3C(N)=O)n2CC2CCCO2)cc1. The number of hydrogen-bond donors (Lipinski definition) is 2. The summed E-state index contributed by atoms with van der Waals surface area (Å²) in [7, 11) is 1.62. The fourth-order valence-corrected chi connectivity index (χ4v) is 5.17. The van der Waals surface area contributed by atoms with Gasteiger partial charge in [0.2, 0.25) is 5.91 Å². The van der Waals surface area contributed by atoms with E-state index in [1.54, 1.807) is 25.5 Å². The summed E-state index contributed by atoms with van der Waals surface area (Å²) in [4.78, 5) is 24.4. The second-order valence-electron chi connectivity index (χ2n) is 7.56. The van der Waals surface area contributed by atoms with Crippen LogP contribution in [0.5, 0.6) is 5.75 Å². The number of thioether (sulfide) groups is 1. The second kappa shape index (κ2) is 10.4. The lowest BCUT2D eigenvalue weighted by molar-refractivity contribution is -0.115. The van der Waals surface area contributed by atoms with Crippen LogP contribution >= 0.6 is 23.1 Å². The number of carbonyl (C=O) groups is 2. The van der Waals surface area contributed by atoms with Crippen molar-refractivity contribution in [1.82, 2.24) is 14.8 Å². The molecule has 0 radical (unpaired) electrons. The third kappa shape index (κ3) is 5.37. The molecule has 2 atom stereocenters. The number of hydrogen-bond acceptors (Lipinski definition) is 8. The lowest BCUT2D eigenvalue weighted by atomic mass is 10.2. The minimum Gasteiger partial charge on any atom is -0.497 e. The molecule has 3 aromatic rings. The van der Waals surface area contributed by atoms with E-state index in [9.17, 15) is 9.59 Å². The number of nitrogens with two attached hydrogens (primary N) is 1. The number of primary amides is 1. The number of ether oxygens (including phenoxy) is 2. The highest BCUT2D eigenvalue weighted by Crippen LogP contribution is 2.31. The maximum absolute atomic E-state index is 12.8. The van der Waals surface area contributed by atoms with Crippen LogP contribution < -0.4 is 15.8 Å². The van der Waals surface area contributed by atoms with Crippen molar-refractivity contribution in [2.75, 3.05) is 19.0 Å². The largest absolute Gasteiger partial charge is 0.497 e. The Labute approximate surface area is 199 Å². The van der Waals surface area contributed by atoms with Crippen LogP contribution in [-0.4, -0.2) is 51.6 Å². The first-order valence-corrected chi connectivity index (χ1v) is 12.3. The zero-order valence-electron chi connectivity index (χ0n) is 18.3. The first-order valence-electron chi connectivity index (χ1n) is 10.5. The lowest BCUT2D eigenvalue weighted by Crippen LogP contribution is -2.24. The van der Waals surface area contributed by atoms with Crippen LogP contribution in [0.15, 0.2) is 40.9 Å². The van der Waals surface area contributed by atoms with Gasteiger partial charge in [-0.05, 0) is 55.5 Å². The average molecular weight is 488 g/mol. The minimum atomic E-state index is -0.577. The highest BCUT2D eigenvalue weighted by Gasteiger charge is 2.25. The van der Waals surface area contributed by atoms with Gasteiger partial charge in [-0.3, -0.25) is 14.2 Å². The van der Waals surface area contributed by atoms with E-state index in [4.69, 9.17) is 15.2 Å². The van der Waals surface area contributed by atoms with E-state index in [0.717, 1.165) is 30.8 Å². The molecule has 33 heavy (non-hydrogen) atoms. The summed E-state index contributed by atoms with van der Waals surface area (Å²) >= 11 is 2.56. The Hall–Kier alpha value is -2.89. The normalized spacial score (nSPS) is 16.5. The van der Waals surface area contributed by atoms with E-state index in [2.05, 4.69) is 15.5 Å². The summed E-state index contributed by atoms with van der Waals surface area (Å²) in [5, 5.41) is 13.9. The molecule has 1 fully saturated rings. The van der Waals surface area contributed by atoms with Crippen molar-refractivity contribution in [1.29, 1.82) is 0 Å². The summed E-state index contributed by atoms with van der Waals surface area (Å²) in [6.45, 7) is 3.13. The number of rotatable bonds is 9. The van der Waals surface area contributed by atoms with Crippen LogP contribution in [0, 0.1) is 0 Å². The number of amides is 2. The average Bonchev–Trinajstić information content (AvgIpc) is 3.56. The van der Waals surface area contributed by atoms with Crippen LogP contribution in [0.4, 0.5) is 5.00 Å². The topological polar surface area (TPSA) is 121 Å². The smallest absolute Gasteiger partial charge is 0.251 e. The molecular formula is C22H25N5O4S2. The Balaban J connectivity index is 1.55. The van der Waals surface area contributed by atoms with E-state index in [1.807, 2.05) is 28.8 Å². The molecule has 0 saturated carbocycles. The third-order valence-corrected chi connectivity index (χ3v) is 7.20. The summed E-state index contributed by atoms with van der Waals surface area (Å²) in [5.41, 5.74) is 6.58. The Morgan fingerprint density at radius 2 is 2.12 bits per heavy atom. The monoisotopic (exact) mass is 487 g/mol. The molecule has 1 aromatic carbocycles. The highest BCUT2D eigenvalue weighted by molar-refractivity contribution is 8.00. The number of aromatic nitrogens is 3. The van der Waals surface area contributed by atoms with Gasteiger partial charge in [-0.1, -0.05) is 11.8 Å². The fraction of sp³-hybridized carbons (Fsp3) is 0.364. The Morgan fingerprint density at radius 3 is 2.79 bits per heavy atom. The van der Waals surface area contributed by atoms with Crippen molar-refractivity contribution >= 4 is 39.9 Å². The van der Waals surface area contributed by atoms with E-state index in [0.29, 0.717) is 28.1 Å². The molecule has 3 heterocycles. The van der Waals surface area contributed by atoms with Gasteiger partial charge in [0.1, 0.15) is 10.8 Å². The fourth-order valence-electron chi connectivity index (χ4n) is 3.51. The van der Waals surface area contributed by atoms with Crippen molar-refractivity contribution in [2.45, 2.75) is 42.8 Å². The minimum absolute atomic E-state index is 0.0747. The predicted octanol–water partition coefficient (Wildman–Crippen LogP) is 3.41. The van der Waals surface area contributed by atoms with E-state index >= 15 is 0 Å². The molecule has 1 aliphatic heterocycles. The molecule has 0 aliphatic carbocycles. The zero-order chi connectivity index (χ0) is 23.4. The van der Waals surface area contributed by atoms with Crippen molar-refractivity contribution in [2.24, 2.45) is 5.73 Å². The van der Waals surface area contributed by atoms with Gasteiger partial charge in [0.15, 0.2) is 11.0 Å². The van der Waals surface area contributed by atoms with Crippen LogP contribution in [0.25, 0.3) is 11.4 Å². The standard InChI is InChI=1S/C22H25N5O4S2/c1-13(20(29)24-21-17(18(23)28)9-11-32-21)33-22-26-25-19(14-5-7-15(30-2)8-6-14)27(22)12-16-4-3-10-31-16/h5-9,11,13,16H,3-4,10,12H2,1-2H3,(H2,23,28)(H,24,29). The quantitative estimate of drug-likeness (QED) is 0.444. The first-order chi connectivity index (χ1) is 16.0. The van der Waals surface area contributed by atoms with Crippen molar-refractivity contribution in [3.05, 3.63) is 41.3 Å². The lowest BCUT2D eigenvalue weighted by Gasteiger charge is -2.16. The van der Waals surface area contributed by atoms with Gasteiger partial charge in [-0.25, -0.2) is 0 Å². The number of carbonyl (C=O) groups excluding carboxylic acids is 2. The highest BCUT2D eigenvalue weighted by atomic mass is 32.2. The summed E-state index contributed by atoms with van der Waals surface area (Å²) in [5.74, 6) is 0.639. The van der Waals surface area contributed by atoms with Gasteiger partial charge in [-0.2, -0.15) is 0 Å². The molecule has 1 saturated heterocycles. The van der Waals surface area contributed by atoms with Crippen molar-refractivity contribution in [3.63, 3.8) is 0 Å². The molecule has 11 heteroatoms. The Bertz CT molecular complexity index is 1120. The molecule has 0 bridgehead atoms. The van der Waals surface area contributed by atoms with E-state index in [1.165, 1.54) is 23.1 Å². The van der Waals surface area contributed by atoms with E-state index in [-0.39, 0.29) is 12.0 Å². The van der Waals surface area contributed by atoms with Gasteiger partial charge in [0.05, 0.1) is 30.6 Å². The number of anilines is 1. The molecule has 174 valence electrons.